The Bertz CT molecular complexity index is 1070. The highest BCUT2D eigenvalue weighted by Gasteiger charge is 2.32. The minimum Gasteiger partial charge on any atom is -0.368 e. The highest BCUT2D eigenvalue weighted by molar-refractivity contribution is 7.12. The number of benzene rings is 1. The Kier molecular flexibility index (Phi) is 5.46. The molecule has 1 aromatic carbocycles. The van der Waals surface area contributed by atoms with E-state index in [1.165, 1.54) is 24.4 Å². The third kappa shape index (κ3) is 4.45. The van der Waals surface area contributed by atoms with Gasteiger partial charge in [-0.1, -0.05) is 0 Å². The van der Waals surface area contributed by atoms with Crippen LogP contribution in [0.25, 0.3) is 0 Å². The lowest BCUT2D eigenvalue weighted by Gasteiger charge is -2.36. The van der Waals surface area contributed by atoms with E-state index in [-0.39, 0.29) is 12.4 Å². The number of halogens is 4. The summed E-state index contributed by atoms with van der Waals surface area (Å²) in [5.74, 6) is 0.141. The summed E-state index contributed by atoms with van der Waals surface area (Å²) >= 11 is 0.583. The molecule has 3 aromatic rings. The minimum atomic E-state index is -4.40. The maximum absolute atomic E-state index is 13.1. The van der Waals surface area contributed by atoms with Crippen molar-refractivity contribution in [3.63, 3.8) is 0 Å². The van der Waals surface area contributed by atoms with Gasteiger partial charge in [0, 0.05) is 36.7 Å². The summed E-state index contributed by atoms with van der Waals surface area (Å²) in [6.45, 7) is 2.49. The van der Waals surface area contributed by atoms with Gasteiger partial charge in [0.2, 0.25) is 0 Å². The van der Waals surface area contributed by atoms with Crippen LogP contribution in [0.1, 0.15) is 9.75 Å². The summed E-state index contributed by atoms with van der Waals surface area (Å²) in [5, 5.41) is 4.08. The van der Waals surface area contributed by atoms with Gasteiger partial charge in [-0.3, -0.25) is 0 Å². The van der Waals surface area contributed by atoms with Crippen molar-refractivity contribution in [2.24, 2.45) is 0 Å². The first kappa shape index (κ1) is 20.3. The van der Waals surface area contributed by atoms with E-state index in [4.69, 9.17) is 0 Å². The fourth-order valence-corrected chi connectivity index (χ4v) is 4.08. The molecule has 158 valence electrons. The van der Waals surface area contributed by atoms with E-state index in [2.05, 4.69) is 15.0 Å². The molecule has 1 saturated heterocycles. The first-order valence-corrected chi connectivity index (χ1v) is 9.97. The molecule has 0 bridgehead atoms. The van der Waals surface area contributed by atoms with Crippen LogP contribution in [0.3, 0.4) is 0 Å². The first-order valence-electron chi connectivity index (χ1n) is 9.15. The van der Waals surface area contributed by atoms with E-state index in [1.54, 1.807) is 12.1 Å². The molecule has 0 saturated carbocycles. The zero-order chi connectivity index (χ0) is 21.3. The molecule has 0 radical (unpaired) electrons. The van der Waals surface area contributed by atoms with Gasteiger partial charge in [0.1, 0.15) is 10.7 Å². The summed E-state index contributed by atoms with van der Waals surface area (Å²) in [4.78, 5) is 20.0. The van der Waals surface area contributed by atoms with Crippen LogP contribution in [-0.2, 0) is 12.7 Å². The van der Waals surface area contributed by atoms with Gasteiger partial charge in [-0.25, -0.2) is 13.9 Å². The van der Waals surface area contributed by atoms with Crippen molar-refractivity contribution in [2.75, 3.05) is 36.0 Å². The standard InChI is InChI=1S/C19H17F4N5OS/c20-13-1-3-14(4-2-13)26-7-9-27(10-8-26)17-11-24-28(18(29)25-17)12-15-5-6-16(30-15)19(21,22)23/h1-6,11H,7-10,12H2. The number of aromatic nitrogens is 3. The molecule has 0 atom stereocenters. The second-order valence-electron chi connectivity index (χ2n) is 6.77. The fraction of sp³-hybridized carbons (Fsp3) is 0.316. The molecule has 0 N–H and O–H groups in total. The van der Waals surface area contributed by atoms with Gasteiger partial charge < -0.3 is 9.80 Å². The number of hydrogen-bond acceptors (Lipinski definition) is 6. The predicted octanol–water partition coefficient (Wildman–Crippen LogP) is 3.23. The lowest BCUT2D eigenvalue weighted by molar-refractivity contribution is -0.134. The molecule has 1 fully saturated rings. The zero-order valence-corrected chi connectivity index (χ0v) is 16.5. The van der Waals surface area contributed by atoms with E-state index >= 15 is 0 Å². The summed E-state index contributed by atoms with van der Waals surface area (Å²) in [5.41, 5.74) is 0.308. The Hall–Kier alpha value is -2.95. The Balaban J connectivity index is 1.40. The number of anilines is 2. The van der Waals surface area contributed by atoms with Crippen molar-refractivity contribution < 1.29 is 17.6 Å². The van der Waals surface area contributed by atoms with Crippen LogP contribution in [0.15, 0.2) is 47.4 Å². The molecule has 1 aliphatic heterocycles. The molecule has 3 heterocycles. The first-order chi connectivity index (χ1) is 14.3. The lowest BCUT2D eigenvalue weighted by Crippen LogP contribution is -2.47. The van der Waals surface area contributed by atoms with Gasteiger partial charge in [-0.15, -0.1) is 11.3 Å². The number of piperazine rings is 1. The van der Waals surface area contributed by atoms with Crippen molar-refractivity contribution in [1.82, 2.24) is 14.8 Å². The number of alkyl halides is 3. The quantitative estimate of drug-likeness (QED) is 0.585. The Morgan fingerprint density at radius 1 is 0.967 bits per heavy atom. The topological polar surface area (TPSA) is 54.3 Å². The van der Waals surface area contributed by atoms with E-state index < -0.39 is 16.7 Å². The fourth-order valence-electron chi connectivity index (χ4n) is 3.22. The van der Waals surface area contributed by atoms with E-state index in [0.717, 1.165) is 16.4 Å². The lowest BCUT2D eigenvalue weighted by atomic mass is 10.2. The van der Waals surface area contributed by atoms with Gasteiger partial charge in [0.15, 0.2) is 5.82 Å². The van der Waals surface area contributed by atoms with Crippen LogP contribution in [0, 0.1) is 5.82 Å². The molecule has 11 heteroatoms. The number of hydrogen-bond donors (Lipinski definition) is 0. The van der Waals surface area contributed by atoms with Crippen molar-refractivity contribution in [2.45, 2.75) is 12.7 Å². The molecular weight excluding hydrogens is 422 g/mol. The summed E-state index contributed by atoms with van der Waals surface area (Å²) in [6, 6.07) is 8.61. The van der Waals surface area contributed by atoms with Crippen LogP contribution in [0.5, 0.6) is 0 Å². The van der Waals surface area contributed by atoms with Crippen molar-refractivity contribution in [3.8, 4) is 0 Å². The molecule has 2 aromatic heterocycles. The molecule has 6 nitrogen and oxygen atoms in total. The van der Waals surface area contributed by atoms with Crippen LogP contribution in [-0.4, -0.2) is 40.9 Å². The Labute approximate surface area is 173 Å². The maximum Gasteiger partial charge on any atom is 0.425 e. The Morgan fingerprint density at radius 2 is 1.63 bits per heavy atom. The van der Waals surface area contributed by atoms with E-state index in [9.17, 15) is 22.4 Å². The SMILES string of the molecule is O=c1nc(N2CCN(c3ccc(F)cc3)CC2)cnn1Cc1ccc(C(F)(F)F)s1. The predicted molar refractivity (Wildman–Crippen MR) is 106 cm³/mol. The van der Waals surface area contributed by atoms with Crippen molar-refractivity contribution in [3.05, 3.63) is 68.7 Å². The third-order valence-corrected chi connectivity index (χ3v) is 5.90. The number of nitrogens with zero attached hydrogens (tertiary/aromatic N) is 5. The largest absolute Gasteiger partial charge is 0.425 e. The van der Waals surface area contributed by atoms with Gasteiger partial charge in [-0.05, 0) is 36.4 Å². The second-order valence-corrected chi connectivity index (χ2v) is 7.94. The second kappa shape index (κ2) is 8.05. The van der Waals surface area contributed by atoms with Crippen molar-refractivity contribution >= 4 is 22.8 Å². The molecule has 30 heavy (non-hydrogen) atoms. The monoisotopic (exact) mass is 439 g/mol. The average Bonchev–Trinajstić information content (AvgIpc) is 3.20. The molecule has 0 unspecified atom stereocenters. The summed E-state index contributed by atoms with van der Waals surface area (Å²) in [6.07, 6.45) is -2.95. The number of rotatable bonds is 4. The van der Waals surface area contributed by atoms with Gasteiger partial charge in [0.25, 0.3) is 0 Å². The maximum atomic E-state index is 13.1. The Morgan fingerprint density at radius 3 is 2.23 bits per heavy atom. The minimum absolute atomic E-state index is 0.0643. The zero-order valence-electron chi connectivity index (χ0n) is 15.6. The van der Waals surface area contributed by atoms with Gasteiger partial charge >= 0.3 is 11.9 Å². The van der Waals surface area contributed by atoms with E-state index in [1.807, 2.05) is 4.90 Å². The summed E-state index contributed by atoms with van der Waals surface area (Å²) in [7, 11) is 0. The molecule has 0 spiro atoms. The van der Waals surface area contributed by atoms with Gasteiger partial charge in [0.05, 0.1) is 12.7 Å². The average molecular weight is 439 g/mol. The van der Waals surface area contributed by atoms with E-state index in [0.29, 0.717) is 48.2 Å². The van der Waals surface area contributed by atoms with Crippen LogP contribution < -0.4 is 15.5 Å². The van der Waals surface area contributed by atoms with Gasteiger partial charge in [-0.2, -0.15) is 23.3 Å². The molecule has 4 rings (SSSR count). The molecule has 0 amide bonds. The molecule has 0 aliphatic carbocycles. The van der Waals surface area contributed by atoms with Crippen LogP contribution >= 0.6 is 11.3 Å². The highest BCUT2D eigenvalue weighted by atomic mass is 32.1. The summed E-state index contributed by atoms with van der Waals surface area (Å²) < 4.78 is 52.3. The third-order valence-electron chi connectivity index (χ3n) is 4.79. The van der Waals surface area contributed by atoms with Crippen molar-refractivity contribution in [1.29, 1.82) is 0 Å². The smallest absolute Gasteiger partial charge is 0.368 e. The molecule has 1 aliphatic rings. The molecular formula is C19H17F4N5OS. The number of thiophene rings is 1. The normalized spacial score (nSPS) is 14.9. The highest BCUT2D eigenvalue weighted by Crippen LogP contribution is 2.34. The van der Waals surface area contributed by atoms with Crippen LogP contribution in [0.2, 0.25) is 0 Å². The van der Waals surface area contributed by atoms with Crippen LogP contribution in [0.4, 0.5) is 29.1 Å².